The number of ether oxygens (including phenoxy) is 2. The summed E-state index contributed by atoms with van der Waals surface area (Å²) in [5, 5.41) is 2.78. The molecule has 0 saturated carbocycles. The van der Waals surface area contributed by atoms with Crippen molar-refractivity contribution in [2.45, 2.75) is 46.3 Å². The fourth-order valence-electron chi connectivity index (χ4n) is 4.34. The summed E-state index contributed by atoms with van der Waals surface area (Å²) in [6, 6.07) is 14.1. The Bertz CT molecular complexity index is 1410. The van der Waals surface area contributed by atoms with Crippen molar-refractivity contribution in [3.8, 4) is 0 Å². The quantitative estimate of drug-likeness (QED) is 0.306. The van der Waals surface area contributed by atoms with Crippen molar-refractivity contribution in [2.24, 2.45) is 0 Å². The zero-order valence-electron chi connectivity index (χ0n) is 22.0. The zero-order valence-corrected chi connectivity index (χ0v) is 22.8. The van der Waals surface area contributed by atoms with E-state index in [1.165, 1.54) is 0 Å². The Labute approximate surface area is 229 Å². The van der Waals surface area contributed by atoms with Gasteiger partial charge in [0.2, 0.25) is 5.91 Å². The molecule has 9 nitrogen and oxygen atoms in total. The van der Waals surface area contributed by atoms with Crippen LogP contribution in [0.4, 0.5) is 5.00 Å². The molecule has 1 atom stereocenters. The van der Waals surface area contributed by atoms with E-state index in [1.807, 2.05) is 6.07 Å². The first-order chi connectivity index (χ1) is 18.6. The molecule has 1 aliphatic heterocycles. The van der Waals surface area contributed by atoms with E-state index in [0.717, 1.165) is 21.8 Å². The van der Waals surface area contributed by atoms with E-state index >= 15 is 0 Å². The maximum Gasteiger partial charge on any atom is 0.348 e. The maximum absolute atomic E-state index is 13.8. The third-order valence-electron chi connectivity index (χ3n) is 6.10. The third kappa shape index (κ3) is 5.61. The number of fused-ring (bicyclic) bond motifs is 1. The molecule has 0 fully saturated rings. The van der Waals surface area contributed by atoms with Crippen molar-refractivity contribution >= 4 is 46.0 Å². The lowest BCUT2D eigenvalue weighted by Crippen LogP contribution is -2.48. The predicted octanol–water partition coefficient (Wildman–Crippen LogP) is 4.64. The summed E-state index contributed by atoms with van der Waals surface area (Å²) in [6.45, 7) is 6.70. The Morgan fingerprint density at radius 2 is 1.51 bits per heavy atom. The number of esters is 2. The van der Waals surface area contributed by atoms with Crippen LogP contribution in [0.1, 0.15) is 72.6 Å². The highest BCUT2D eigenvalue weighted by atomic mass is 32.1. The Morgan fingerprint density at radius 3 is 2.08 bits per heavy atom. The Kier molecular flexibility index (Phi) is 8.25. The largest absolute Gasteiger partial charge is 0.462 e. The molecule has 0 bridgehead atoms. The fraction of sp³-hybridized carbons (Fsp3) is 0.276. The van der Waals surface area contributed by atoms with Gasteiger partial charge in [-0.15, -0.1) is 11.3 Å². The van der Waals surface area contributed by atoms with Gasteiger partial charge in [-0.2, -0.15) is 0 Å². The molecule has 3 amide bonds. The number of amides is 3. The molecule has 4 rings (SSSR count). The van der Waals surface area contributed by atoms with Crippen LogP contribution < -0.4 is 5.32 Å². The van der Waals surface area contributed by atoms with Gasteiger partial charge in [0, 0.05) is 6.42 Å². The number of thiophene rings is 1. The highest BCUT2D eigenvalue weighted by molar-refractivity contribution is 7.18. The number of nitrogens with one attached hydrogen (secondary N) is 1. The Hall–Kier alpha value is -4.31. The van der Waals surface area contributed by atoms with Crippen LogP contribution in [-0.4, -0.2) is 53.3 Å². The zero-order chi connectivity index (χ0) is 28.3. The summed E-state index contributed by atoms with van der Waals surface area (Å²) in [4.78, 5) is 67.1. The van der Waals surface area contributed by atoms with Crippen LogP contribution in [0.5, 0.6) is 0 Å². The van der Waals surface area contributed by atoms with E-state index in [9.17, 15) is 24.0 Å². The number of carbonyl (C=O) groups is 5. The van der Waals surface area contributed by atoms with Crippen LogP contribution >= 0.6 is 11.3 Å². The number of hydrogen-bond donors (Lipinski definition) is 1. The Morgan fingerprint density at radius 1 is 0.923 bits per heavy atom. The normalized spacial score (nSPS) is 13.3. The molecule has 0 radical (unpaired) electrons. The lowest BCUT2D eigenvalue weighted by Gasteiger charge is -2.25. The van der Waals surface area contributed by atoms with Gasteiger partial charge in [0.05, 0.1) is 29.4 Å². The monoisotopic (exact) mass is 548 g/mol. The van der Waals surface area contributed by atoms with Gasteiger partial charge in [-0.25, -0.2) is 9.59 Å². The number of benzene rings is 2. The van der Waals surface area contributed by atoms with Crippen molar-refractivity contribution in [1.82, 2.24) is 4.90 Å². The van der Waals surface area contributed by atoms with Crippen LogP contribution in [-0.2, 0) is 20.7 Å². The number of hydrogen-bond acceptors (Lipinski definition) is 8. The second-order valence-corrected chi connectivity index (χ2v) is 10.2. The van der Waals surface area contributed by atoms with E-state index in [-0.39, 0.29) is 39.6 Å². The molecular weight excluding hydrogens is 520 g/mol. The minimum atomic E-state index is -1.23. The second kappa shape index (κ2) is 11.6. The van der Waals surface area contributed by atoms with Gasteiger partial charge in [0.15, 0.2) is 0 Å². The summed E-state index contributed by atoms with van der Waals surface area (Å²) < 4.78 is 10.5. The number of rotatable bonds is 9. The van der Waals surface area contributed by atoms with Gasteiger partial charge in [0.25, 0.3) is 11.8 Å². The number of carbonyl (C=O) groups excluding carboxylic acids is 5. The van der Waals surface area contributed by atoms with Crippen LogP contribution in [0.2, 0.25) is 0 Å². The molecule has 0 aliphatic carbocycles. The summed E-state index contributed by atoms with van der Waals surface area (Å²) in [7, 11) is 0. The summed E-state index contributed by atoms with van der Waals surface area (Å²) in [5.74, 6) is -3.21. The lowest BCUT2D eigenvalue weighted by molar-refractivity contribution is -0.119. The minimum Gasteiger partial charge on any atom is -0.462 e. The molecule has 0 spiro atoms. The van der Waals surface area contributed by atoms with Crippen molar-refractivity contribution in [1.29, 1.82) is 0 Å². The maximum atomic E-state index is 13.8. The van der Waals surface area contributed by atoms with E-state index in [4.69, 9.17) is 9.47 Å². The molecule has 39 heavy (non-hydrogen) atoms. The molecule has 202 valence electrons. The van der Waals surface area contributed by atoms with E-state index in [0.29, 0.717) is 5.56 Å². The minimum absolute atomic E-state index is 0.0201. The first kappa shape index (κ1) is 27.7. The van der Waals surface area contributed by atoms with Crippen molar-refractivity contribution < 1.29 is 33.4 Å². The van der Waals surface area contributed by atoms with E-state index in [2.05, 4.69) is 5.32 Å². The van der Waals surface area contributed by atoms with Gasteiger partial charge >= 0.3 is 11.9 Å². The van der Waals surface area contributed by atoms with Gasteiger partial charge < -0.3 is 14.8 Å². The number of anilines is 1. The highest BCUT2D eigenvalue weighted by Gasteiger charge is 2.43. The van der Waals surface area contributed by atoms with Crippen LogP contribution in [0.3, 0.4) is 0 Å². The number of imide groups is 1. The van der Waals surface area contributed by atoms with Gasteiger partial charge in [-0.05, 0) is 51.0 Å². The molecule has 0 saturated heterocycles. The molecule has 10 heteroatoms. The molecule has 1 aromatic heterocycles. The molecular formula is C29H28N2O7S. The molecule has 2 heterocycles. The smallest absolute Gasteiger partial charge is 0.348 e. The highest BCUT2D eigenvalue weighted by Crippen LogP contribution is 2.35. The van der Waals surface area contributed by atoms with Crippen molar-refractivity contribution in [2.75, 3.05) is 11.9 Å². The number of nitrogens with zero attached hydrogens (tertiary/aromatic N) is 1. The molecule has 1 N–H and O–H groups in total. The molecule has 1 aliphatic rings. The average molecular weight is 549 g/mol. The third-order valence-corrected chi connectivity index (χ3v) is 7.29. The Balaban J connectivity index is 1.74. The van der Waals surface area contributed by atoms with Gasteiger partial charge in [0.1, 0.15) is 15.9 Å². The van der Waals surface area contributed by atoms with Crippen LogP contribution in [0, 0.1) is 6.92 Å². The van der Waals surface area contributed by atoms with Crippen molar-refractivity contribution in [3.05, 3.63) is 87.3 Å². The summed E-state index contributed by atoms with van der Waals surface area (Å²) >= 11 is 0.878. The van der Waals surface area contributed by atoms with Gasteiger partial charge in [-0.3, -0.25) is 19.3 Å². The van der Waals surface area contributed by atoms with Crippen LogP contribution in [0.25, 0.3) is 0 Å². The molecule has 1 unspecified atom stereocenters. The SMILES string of the molecule is CCOC(=O)c1c(NC(=O)C(Cc2ccccc2)N2C(=O)c3ccccc3C2=O)sc(C(=O)OC(C)C)c1C. The van der Waals surface area contributed by atoms with Crippen LogP contribution in [0.15, 0.2) is 54.6 Å². The molecule has 3 aromatic rings. The predicted molar refractivity (Wildman–Crippen MR) is 145 cm³/mol. The summed E-state index contributed by atoms with van der Waals surface area (Å²) in [6.07, 6.45) is -0.355. The van der Waals surface area contributed by atoms with E-state index < -0.39 is 41.8 Å². The molecule has 2 aromatic carbocycles. The lowest BCUT2D eigenvalue weighted by atomic mass is 10.0. The first-order valence-corrected chi connectivity index (χ1v) is 13.3. The topological polar surface area (TPSA) is 119 Å². The van der Waals surface area contributed by atoms with Gasteiger partial charge in [-0.1, -0.05) is 42.5 Å². The van der Waals surface area contributed by atoms with E-state index in [1.54, 1.807) is 76.2 Å². The second-order valence-electron chi connectivity index (χ2n) is 9.16. The fourth-order valence-corrected chi connectivity index (χ4v) is 5.42. The summed E-state index contributed by atoms with van der Waals surface area (Å²) in [5.41, 5.74) is 1.48. The first-order valence-electron chi connectivity index (χ1n) is 12.5. The standard InChI is InChI=1S/C29H28N2O7S/c1-5-37-28(35)22-17(4)23(29(36)38-16(2)3)39-25(22)30-24(32)21(15-18-11-7-6-8-12-18)31-26(33)19-13-9-10-14-20(19)27(31)34/h6-14,16,21H,5,15H2,1-4H3,(H,30,32). The average Bonchev–Trinajstić information content (AvgIpc) is 3.36. The van der Waals surface area contributed by atoms with Crippen molar-refractivity contribution in [3.63, 3.8) is 0 Å².